The normalized spacial score (nSPS) is 14.1. The van der Waals surface area contributed by atoms with Crippen molar-refractivity contribution in [3.63, 3.8) is 0 Å². The molecule has 0 bridgehead atoms. The SMILES string of the molecule is C=C[SiH](O[SiH3])c1ccccc1.C[SiH](CCC(F)(F)F)O[SiH3]. The van der Waals surface area contributed by atoms with Gasteiger partial charge in [-0.2, -0.15) is 13.2 Å². The molecular weight excluding hydrogens is 345 g/mol. The Kier molecular flexibility index (Phi) is 10.9. The average Bonchev–Trinajstić information content (AvgIpc) is 2.47. The summed E-state index contributed by atoms with van der Waals surface area (Å²) in [4.78, 5) is 0. The van der Waals surface area contributed by atoms with Crippen molar-refractivity contribution in [3.05, 3.63) is 42.6 Å². The average molecular weight is 369 g/mol. The van der Waals surface area contributed by atoms with E-state index in [1.807, 2.05) is 23.9 Å². The molecule has 0 aliphatic heterocycles. The molecule has 21 heavy (non-hydrogen) atoms. The van der Waals surface area contributed by atoms with Crippen molar-refractivity contribution >= 4 is 44.2 Å². The summed E-state index contributed by atoms with van der Waals surface area (Å²) in [5.41, 5.74) is 1.96. The number of halogens is 3. The highest BCUT2D eigenvalue weighted by Crippen LogP contribution is 2.22. The Balaban J connectivity index is 0.000000384. The molecule has 2 nitrogen and oxygen atoms in total. The second kappa shape index (κ2) is 11.2. The molecule has 2 unspecified atom stereocenters. The molecule has 0 spiro atoms. The van der Waals surface area contributed by atoms with Crippen molar-refractivity contribution in [1.29, 1.82) is 0 Å². The van der Waals surface area contributed by atoms with Crippen LogP contribution in [0.15, 0.2) is 42.6 Å². The van der Waals surface area contributed by atoms with Crippen LogP contribution in [0.2, 0.25) is 12.6 Å². The molecule has 0 saturated heterocycles. The number of alkyl halides is 3. The van der Waals surface area contributed by atoms with Gasteiger partial charge in [0, 0.05) is 6.42 Å². The van der Waals surface area contributed by atoms with Crippen LogP contribution >= 0.6 is 0 Å². The fourth-order valence-corrected chi connectivity index (χ4v) is 5.90. The first-order valence-electron chi connectivity index (χ1n) is 6.63. The van der Waals surface area contributed by atoms with Crippen LogP contribution in [0.1, 0.15) is 6.42 Å². The largest absolute Gasteiger partial charge is 0.466 e. The molecule has 0 amide bonds. The topological polar surface area (TPSA) is 18.5 Å². The first-order valence-corrected chi connectivity index (χ1v) is 12.4. The van der Waals surface area contributed by atoms with Crippen LogP contribution in [0.4, 0.5) is 13.2 Å². The lowest BCUT2D eigenvalue weighted by molar-refractivity contribution is -0.130. The van der Waals surface area contributed by atoms with Crippen LogP contribution in [-0.2, 0) is 8.23 Å². The number of hydrogen-bond donors (Lipinski definition) is 0. The lowest BCUT2D eigenvalue weighted by Crippen LogP contribution is -2.30. The first kappa shape index (κ1) is 20.5. The zero-order valence-electron chi connectivity index (χ0n) is 12.7. The van der Waals surface area contributed by atoms with Crippen molar-refractivity contribution in [3.8, 4) is 0 Å². The Morgan fingerprint density at radius 1 is 1.19 bits per heavy atom. The van der Waals surface area contributed by atoms with E-state index in [4.69, 9.17) is 8.23 Å². The molecule has 0 aliphatic rings. The van der Waals surface area contributed by atoms with Crippen LogP contribution < -0.4 is 5.19 Å². The lowest BCUT2D eigenvalue weighted by atomic mass is 10.4. The van der Waals surface area contributed by atoms with E-state index in [2.05, 4.69) is 18.7 Å². The third kappa shape index (κ3) is 10.8. The van der Waals surface area contributed by atoms with Gasteiger partial charge < -0.3 is 8.23 Å². The summed E-state index contributed by atoms with van der Waals surface area (Å²) < 4.78 is 45.0. The van der Waals surface area contributed by atoms with Crippen molar-refractivity contribution in [2.24, 2.45) is 0 Å². The van der Waals surface area contributed by atoms with E-state index in [9.17, 15) is 13.2 Å². The van der Waals surface area contributed by atoms with Gasteiger partial charge in [0.25, 0.3) is 0 Å². The van der Waals surface area contributed by atoms with Crippen LogP contribution in [-0.4, -0.2) is 45.2 Å². The fourth-order valence-electron chi connectivity index (χ4n) is 1.50. The molecule has 0 N–H and O–H groups in total. The third-order valence-electron chi connectivity index (χ3n) is 2.83. The maximum Gasteiger partial charge on any atom is 0.388 e. The zero-order valence-corrected chi connectivity index (χ0v) is 19.0. The molecule has 0 fully saturated rings. The highest BCUT2D eigenvalue weighted by atomic mass is 28.3. The van der Waals surface area contributed by atoms with Gasteiger partial charge in [0.05, 0.1) is 0 Å². The molecule has 0 heterocycles. The molecule has 0 aliphatic carbocycles. The summed E-state index contributed by atoms with van der Waals surface area (Å²) in [6.07, 6.45) is -4.68. The van der Waals surface area contributed by atoms with Crippen LogP contribution in [0.25, 0.3) is 0 Å². The Morgan fingerprint density at radius 2 is 1.76 bits per heavy atom. The molecule has 0 radical (unpaired) electrons. The molecule has 1 aromatic carbocycles. The number of hydrogen-bond acceptors (Lipinski definition) is 2. The molecule has 1 aromatic rings. The Hall–Kier alpha value is -0.462. The molecule has 0 saturated carbocycles. The molecule has 9 heteroatoms. The van der Waals surface area contributed by atoms with Gasteiger partial charge in [0.2, 0.25) is 9.04 Å². The number of benzene rings is 1. The standard InChI is InChI=1S/C8H12OSi2.C4H11F3OSi2/c1-2-11(9-10)8-6-4-3-5-7-8;1-10(8-9)3-2-4(5,6)7/h2-7,11H,1H2,10H3;10H,2-3H2,1,9H3. The van der Waals surface area contributed by atoms with Gasteiger partial charge in [0.15, 0.2) is 9.04 Å². The van der Waals surface area contributed by atoms with E-state index in [1.165, 1.54) is 5.19 Å². The second-order valence-corrected chi connectivity index (χ2v) is 12.5. The van der Waals surface area contributed by atoms with Crippen molar-refractivity contribution in [2.45, 2.75) is 25.2 Å². The number of rotatable bonds is 6. The first-order chi connectivity index (χ1) is 9.84. The van der Waals surface area contributed by atoms with Crippen LogP contribution in [0.3, 0.4) is 0 Å². The monoisotopic (exact) mass is 368 g/mol. The predicted molar refractivity (Wildman–Crippen MR) is 94.0 cm³/mol. The summed E-state index contributed by atoms with van der Waals surface area (Å²) in [6, 6.07) is 10.5. The van der Waals surface area contributed by atoms with Crippen molar-refractivity contribution < 1.29 is 21.4 Å². The zero-order chi connectivity index (χ0) is 16.3. The van der Waals surface area contributed by atoms with Gasteiger partial charge >= 0.3 is 6.18 Å². The van der Waals surface area contributed by atoms with Gasteiger partial charge in [-0.3, -0.25) is 0 Å². The van der Waals surface area contributed by atoms with Gasteiger partial charge in [0.1, 0.15) is 21.0 Å². The van der Waals surface area contributed by atoms with Gasteiger partial charge in [-0.15, -0.1) is 6.58 Å². The summed E-state index contributed by atoms with van der Waals surface area (Å²) in [5, 5.41) is 1.32. The van der Waals surface area contributed by atoms with Crippen LogP contribution in [0.5, 0.6) is 0 Å². The summed E-state index contributed by atoms with van der Waals surface area (Å²) in [6.45, 7) is 5.56. The second-order valence-electron chi connectivity index (χ2n) is 4.50. The van der Waals surface area contributed by atoms with Crippen LogP contribution in [0, 0.1) is 0 Å². The summed E-state index contributed by atoms with van der Waals surface area (Å²) in [7, 11) is -1.29. The van der Waals surface area contributed by atoms with E-state index in [-0.39, 0.29) is 6.04 Å². The smallest absolute Gasteiger partial charge is 0.388 e. The van der Waals surface area contributed by atoms with E-state index < -0.39 is 30.7 Å². The Labute approximate surface area is 133 Å². The van der Waals surface area contributed by atoms with E-state index in [1.54, 1.807) is 6.55 Å². The molecule has 0 aromatic heterocycles. The molecule has 120 valence electrons. The maximum atomic E-state index is 11.5. The maximum absolute atomic E-state index is 11.5. The predicted octanol–water partition coefficient (Wildman–Crippen LogP) is 0.229. The third-order valence-corrected chi connectivity index (χ3v) is 10.7. The van der Waals surface area contributed by atoms with E-state index in [0.717, 1.165) is 10.5 Å². The fraction of sp³-hybridized carbons (Fsp3) is 0.333. The quantitative estimate of drug-likeness (QED) is 0.669. The lowest BCUT2D eigenvalue weighted by Gasteiger charge is -2.09. The molecule has 1 rings (SSSR count). The highest BCUT2D eigenvalue weighted by molar-refractivity contribution is 6.74. The minimum absolute atomic E-state index is 0.215. The van der Waals surface area contributed by atoms with E-state index >= 15 is 0 Å². The van der Waals surface area contributed by atoms with Crippen molar-refractivity contribution in [2.75, 3.05) is 0 Å². The molecule has 2 atom stereocenters. The Bertz CT molecular complexity index is 390. The highest BCUT2D eigenvalue weighted by Gasteiger charge is 2.27. The van der Waals surface area contributed by atoms with E-state index in [0.29, 0.717) is 10.5 Å². The van der Waals surface area contributed by atoms with Gasteiger partial charge in [-0.25, -0.2) is 0 Å². The molecular formula is C12H23F3O2Si4. The van der Waals surface area contributed by atoms with Gasteiger partial charge in [-0.05, 0) is 17.8 Å². The van der Waals surface area contributed by atoms with Crippen molar-refractivity contribution in [1.82, 2.24) is 0 Å². The minimum Gasteiger partial charge on any atom is -0.466 e. The summed E-state index contributed by atoms with van der Waals surface area (Å²) >= 11 is 0. The summed E-state index contributed by atoms with van der Waals surface area (Å²) in [5.74, 6) is 0. The minimum atomic E-state index is -4.00. The van der Waals surface area contributed by atoms with Gasteiger partial charge in [-0.1, -0.05) is 36.0 Å². The Morgan fingerprint density at radius 3 is 2.14 bits per heavy atom.